The van der Waals surface area contributed by atoms with Gasteiger partial charge in [0, 0.05) is 11.6 Å². The van der Waals surface area contributed by atoms with E-state index in [9.17, 15) is 4.39 Å². The van der Waals surface area contributed by atoms with E-state index in [4.69, 9.17) is 4.74 Å². The molecule has 0 spiro atoms. The molecule has 0 aliphatic heterocycles. The fraction of sp³-hybridized carbons (Fsp3) is 0.647. The van der Waals surface area contributed by atoms with Crippen molar-refractivity contribution in [3.8, 4) is 5.75 Å². The van der Waals surface area contributed by atoms with Gasteiger partial charge in [-0.3, -0.25) is 0 Å². The van der Waals surface area contributed by atoms with E-state index >= 15 is 0 Å². The minimum absolute atomic E-state index is 0.103. The van der Waals surface area contributed by atoms with Crippen LogP contribution in [0, 0.1) is 11.7 Å². The van der Waals surface area contributed by atoms with Crippen LogP contribution in [0.15, 0.2) is 18.2 Å². The molecule has 1 N–H and O–H groups in total. The van der Waals surface area contributed by atoms with Crippen LogP contribution in [0.2, 0.25) is 0 Å². The lowest BCUT2D eigenvalue weighted by molar-refractivity contribution is 0.278. The van der Waals surface area contributed by atoms with Crippen LogP contribution in [0.4, 0.5) is 4.39 Å². The molecule has 0 aliphatic rings. The molecular formula is C17H28FNO. The van der Waals surface area contributed by atoms with Crippen LogP contribution < -0.4 is 10.1 Å². The summed E-state index contributed by atoms with van der Waals surface area (Å²) in [7, 11) is 0. The Bertz CT molecular complexity index is 393. The fourth-order valence-electron chi connectivity index (χ4n) is 2.16. The van der Waals surface area contributed by atoms with Gasteiger partial charge in [0.05, 0.1) is 6.61 Å². The molecule has 3 heteroatoms. The first-order valence-corrected chi connectivity index (χ1v) is 7.70. The van der Waals surface area contributed by atoms with Crippen LogP contribution in [0.25, 0.3) is 0 Å². The molecule has 0 saturated carbocycles. The number of ether oxygens (including phenoxy) is 1. The summed E-state index contributed by atoms with van der Waals surface area (Å²) < 4.78 is 19.7. The molecule has 1 aromatic carbocycles. The van der Waals surface area contributed by atoms with Gasteiger partial charge in [0.1, 0.15) is 0 Å². The Hall–Kier alpha value is -1.09. The molecule has 20 heavy (non-hydrogen) atoms. The number of para-hydroxylation sites is 1. The van der Waals surface area contributed by atoms with Crippen molar-refractivity contribution in [2.24, 2.45) is 5.92 Å². The maximum absolute atomic E-state index is 14.0. The van der Waals surface area contributed by atoms with Gasteiger partial charge in [-0.1, -0.05) is 32.9 Å². The van der Waals surface area contributed by atoms with Gasteiger partial charge in [-0.05, 0) is 44.7 Å². The predicted octanol–water partition coefficient (Wildman–Crippen LogP) is 4.70. The van der Waals surface area contributed by atoms with Crippen molar-refractivity contribution in [3.63, 3.8) is 0 Å². The molecule has 0 fully saturated rings. The number of benzene rings is 1. The Morgan fingerprint density at radius 2 is 2.00 bits per heavy atom. The van der Waals surface area contributed by atoms with E-state index in [0.717, 1.165) is 31.4 Å². The van der Waals surface area contributed by atoms with Gasteiger partial charge in [0.15, 0.2) is 11.6 Å². The summed E-state index contributed by atoms with van der Waals surface area (Å²) in [5.74, 6) is 0.799. The Balaban J connectivity index is 2.67. The molecule has 0 radical (unpaired) electrons. The van der Waals surface area contributed by atoms with Gasteiger partial charge in [-0.2, -0.15) is 0 Å². The van der Waals surface area contributed by atoms with E-state index in [2.05, 4.69) is 26.1 Å². The summed E-state index contributed by atoms with van der Waals surface area (Å²) in [6.45, 7) is 10.0. The third kappa shape index (κ3) is 5.49. The summed E-state index contributed by atoms with van der Waals surface area (Å²) in [5, 5.41) is 3.38. The first kappa shape index (κ1) is 17.0. The Morgan fingerprint density at radius 3 is 2.65 bits per heavy atom. The number of nitrogens with one attached hydrogen (secondary N) is 1. The van der Waals surface area contributed by atoms with Gasteiger partial charge in [0.2, 0.25) is 0 Å². The number of rotatable bonds is 9. The predicted molar refractivity (Wildman–Crippen MR) is 82.7 cm³/mol. The van der Waals surface area contributed by atoms with Crippen LogP contribution in [0.1, 0.15) is 58.6 Å². The highest BCUT2D eigenvalue weighted by molar-refractivity contribution is 5.37. The van der Waals surface area contributed by atoms with Crippen LogP contribution in [0.3, 0.4) is 0 Å². The molecule has 0 bridgehead atoms. The summed E-state index contributed by atoms with van der Waals surface area (Å²) in [6.07, 6.45) is 3.12. The molecule has 114 valence electrons. The van der Waals surface area contributed by atoms with Gasteiger partial charge in [0.25, 0.3) is 0 Å². The second-order valence-electron chi connectivity index (χ2n) is 5.72. The van der Waals surface area contributed by atoms with Crippen LogP contribution >= 0.6 is 0 Å². The quantitative estimate of drug-likeness (QED) is 0.662. The topological polar surface area (TPSA) is 21.3 Å². The summed E-state index contributed by atoms with van der Waals surface area (Å²) >= 11 is 0. The molecule has 2 nitrogen and oxygen atoms in total. The normalized spacial score (nSPS) is 12.7. The highest BCUT2D eigenvalue weighted by Gasteiger charge is 2.15. The Labute approximate surface area is 122 Å². The first-order chi connectivity index (χ1) is 9.56. The molecule has 1 unspecified atom stereocenters. The van der Waals surface area contributed by atoms with Gasteiger partial charge in [-0.25, -0.2) is 4.39 Å². The van der Waals surface area contributed by atoms with E-state index in [0.29, 0.717) is 18.3 Å². The molecular weight excluding hydrogens is 253 g/mol. The molecule has 1 atom stereocenters. The third-order valence-corrected chi connectivity index (χ3v) is 3.34. The molecule has 0 aromatic heterocycles. The minimum atomic E-state index is -0.266. The van der Waals surface area contributed by atoms with E-state index in [1.165, 1.54) is 6.07 Å². The molecule has 0 aliphatic carbocycles. The zero-order chi connectivity index (χ0) is 15.0. The van der Waals surface area contributed by atoms with E-state index in [1.54, 1.807) is 6.07 Å². The summed E-state index contributed by atoms with van der Waals surface area (Å²) in [4.78, 5) is 0. The van der Waals surface area contributed by atoms with Crippen LogP contribution in [-0.2, 0) is 0 Å². The zero-order valence-electron chi connectivity index (χ0n) is 13.2. The minimum Gasteiger partial charge on any atom is -0.490 e. The largest absolute Gasteiger partial charge is 0.490 e. The van der Waals surface area contributed by atoms with Crippen molar-refractivity contribution in [2.75, 3.05) is 13.2 Å². The van der Waals surface area contributed by atoms with Crippen LogP contribution in [0.5, 0.6) is 5.75 Å². The van der Waals surface area contributed by atoms with Crippen molar-refractivity contribution >= 4 is 0 Å². The SMILES string of the molecule is CCCNC(C)c1cccc(F)c1OCCCC(C)C. The van der Waals surface area contributed by atoms with Crippen molar-refractivity contribution in [1.29, 1.82) is 0 Å². The smallest absolute Gasteiger partial charge is 0.165 e. The van der Waals surface area contributed by atoms with E-state index < -0.39 is 0 Å². The fourth-order valence-corrected chi connectivity index (χ4v) is 2.16. The highest BCUT2D eigenvalue weighted by atomic mass is 19.1. The Morgan fingerprint density at radius 1 is 1.25 bits per heavy atom. The van der Waals surface area contributed by atoms with Crippen molar-refractivity contribution in [2.45, 2.75) is 53.0 Å². The van der Waals surface area contributed by atoms with E-state index in [1.807, 2.05) is 13.0 Å². The van der Waals surface area contributed by atoms with Crippen molar-refractivity contribution < 1.29 is 9.13 Å². The van der Waals surface area contributed by atoms with Crippen molar-refractivity contribution in [3.05, 3.63) is 29.6 Å². The van der Waals surface area contributed by atoms with Gasteiger partial charge >= 0.3 is 0 Å². The zero-order valence-corrected chi connectivity index (χ0v) is 13.2. The maximum Gasteiger partial charge on any atom is 0.165 e. The molecule has 0 heterocycles. The first-order valence-electron chi connectivity index (χ1n) is 7.70. The molecule has 1 aromatic rings. The lowest BCUT2D eigenvalue weighted by Gasteiger charge is -2.19. The molecule has 0 amide bonds. The molecule has 1 rings (SSSR count). The van der Waals surface area contributed by atoms with Crippen molar-refractivity contribution in [1.82, 2.24) is 5.32 Å². The lowest BCUT2D eigenvalue weighted by Crippen LogP contribution is -2.20. The second kappa shape index (κ2) is 8.96. The van der Waals surface area contributed by atoms with Crippen LogP contribution in [-0.4, -0.2) is 13.2 Å². The summed E-state index contributed by atoms with van der Waals surface area (Å²) in [5.41, 5.74) is 0.906. The number of hydrogen-bond donors (Lipinski definition) is 1. The van der Waals surface area contributed by atoms with Gasteiger partial charge in [-0.15, -0.1) is 0 Å². The standard InChI is InChI=1S/C17H28FNO/c1-5-11-19-14(4)15-9-6-10-16(18)17(15)20-12-7-8-13(2)3/h6,9-10,13-14,19H,5,7-8,11-12H2,1-4H3. The van der Waals surface area contributed by atoms with E-state index in [-0.39, 0.29) is 11.9 Å². The van der Waals surface area contributed by atoms with Gasteiger partial charge < -0.3 is 10.1 Å². The number of hydrogen-bond acceptors (Lipinski definition) is 2. The second-order valence-corrected chi connectivity index (χ2v) is 5.72. The third-order valence-electron chi connectivity index (χ3n) is 3.34. The monoisotopic (exact) mass is 281 g/mol. The maximum atomic E-state index is 14.0. The average Bonchev–Trinajstić information content (AvgIpc) is 2.41. The highest BCUT2D eigenvalue weighted by Crippen LogP contribution is 2.28. The molecule has 0 saturated heterocycles. The average molecular weight is 281 g/mol. The summed E-state index contributed by atoms with van der Waals surface area (Å²) in [6, 6.07) is 5.25. The number of halogens is 1. The lowest BCUT2D eigenvalue weighted by atomic mass is 10.1. The Kier molecular flexibility index (Phi) is 7.60.